The van der Waals surface area contributed by atoms with E-state index in [1.54, 1.807) is 0 Å². The molecule has 1 saturated heterocycles. The smallest absolute Gasteiger partial charge is 0.225 e. The molecule has 0 aromatic carbocycles. The van der Waals surface area contributed by atoms with Crippen molar-refractivity contribution in [2.75, 3.05) is 21.1 Å². The van der Waals surface area contributed by atoms with E-state index < -0.39 is 0 Å². The fourth-order valence-electron chi connectivity index (χ4n) is 3.66. The first-order valence-corrected chi connectivity index (χ1v) is 8.07. The van der Waals surface area contributed by atoms with Gasteiger partial charge in [0, 0.05) is 24.2 Å². The summed E-state index contributed by atoms with van der Waals surface area (Å²) in [5.74, 6) is 1.75. The summed E-state index contributed by atoms with van der Waals surface area (Å²) in [5, 5.41) is 7.02. The zero-order valence-corrected chi connectivity index (χ0v) is 15.4. The Labute approximate surface area is 135 Å². The first-order chi connectivity index (χ1) is 9.99. The van der Waals surface area contributed by atoms with Crippen molar-refractivity contribution in [1.29, 1.82) is 0 Å². The standard InChI is InChI=1S/C16H32N6/c1-11-17-13(21(6)7)19-14(18-11)22(8)12-9-15(2,3)20-16(4,5)10-12/h12-13,20H,9-10H2,1-8H3,(H,17,18,19). The number of guanidine groups is 1. The summed E-state index contributed by atoms with van der Waals surface area (Å²) in [7, 11) is 6.16. The summed E-state index contributed by atoms with van der Waals surface area (Å²) in [6.07, 6.45) is 2.12. The van der Waals surface area contributed by atoms with Gasteiger partial charge in [0.2, 0.25) is 5.96 Å². The van der Waals surface area contributed by atoms with Crippen LogP contribution in [0.1, 0.15) is 47.5 Å². The largest absolute Gasteiger partial charge is 0.341 e. The van der Waals surface area contributed by atoms with Crippen LogP contribution in [0.4, 0.5) is 0 Å². The van der Waals surface area contributed by atoms with Gasteiger partial charge in [-0.15, -0.1) is 0 Å². The van der Waals surface area contributed by atoms with Crippen LogP contribution in [0.5, 0.6) is 0 Å². The molecule has 1 fully saturated rings. The number of rotatable bonds is 2. The van der Waals surface area contributed by atoms with E-state index in [1.807, 2.05) is 21.0 Å². The molecular weight excluding hydrogens is 276 g/mol. The van der Waals surface area contributed by atoms with Crippen LogP contribution in [0.15, 0.2) is 9.98 Å². The molecule has 126 valence electrons. The number of hydrogen-bond acceptors (Lipinski definition) is 6. The maximum atomic E-state index is 4.75. The first-order valence-electron chi connectivity index (χ1n) is 8.07. The predicted molar refractivity (Wildman–Crippen MR) is 93.2 cm³/mol. The molecular formula is C16H32N6. The number of nitrogens with one attached hydrogen (secondary N) is 2. The molecule has 2 N–H and O–H groups in total. The molecule has 0 bridgehead atoms. The van der Waals surface area contributed by atoms with Crippen molar-refractivity contribution >= 4 is 11.8 Å². The van der Waals surface area contributed by atoms with Gasteiger partial charge >= 0.3 is 0 Å². The van der Waals surface area contributed by atoms with Crippen LogP contribution in [0.2, 0.25) is 0 Å². The zero-order chi connectivity index (χ0) is 16.7. The zero-order valence-electron chi connectivity index (χ0n) is 15.4. The van der Waals surface area contributed by atoms with Crippen LogP contribution in [0.3, 0.4) is 0 Å². The first kappa shape index (κ1) is 17.2. The van der Waals surface area contributed by atoms with Gasteiger partial charge in [-0.3, -0.25) is 4.90 Å². The molecule has 0 saturated carbocycles. The van der Waals surface area contributed by atoms with E-state index in [4.69, 9.17) is 4.99 Å². The Morgan fingerprint density at radius 1 is 1.05 bits per heavy atom. The monoisotopic (exact) mass is 308 g/mol. The number of aliphatic imine (C=N–C) groups is 2. The highest BCUT2D eigenvalue weighted by Gasteiger charge is 2.40. The van der Waals surface area contributed by atoms with E-state index in [0.717, 1.165) is 24.6 Å². The Kier molecular flexibility index (Phi) is 4.55. The Morgan fingerprint density at radius 3 is 2.09 bits per heavy atom. The van der Waals surface area contributed by atoms with E-state index >= 15 is 0 Å². The third-order valence-electron chi connectivity index (χ3n) is 4.36. The molecule has 0 spiro atoms. The van der Waals surface area contributed by atoms with Crippen LogP contribution in [0.25, 0.3) is 0 Å². The summed E-state index contributed by atoms with van der Waals surface area (Å²) in [6, 6.07) is 0.433. The fourth-order valence-corrected chi connectivity index (χ4v) is 3.66. The summed E-state index contributed by atoms with van der Waals surface area (Å²) < 4.78 is 0. The third kappa shape index (κ3) is 3.98. The van der Waals surface area contributed by atoms with E-state index in [-0.39, 0.29) is 17.4 Å². The Balaban J connectivity index is 2.21. The van der Waals surface area contributed by atoms with Crippen molar-refractivity contribution in [3.63, 3.8) is 0 Å². The highest BCUT2D eigenvalue weighted by molar-refractivity contribution is 5.96. The molecule has 22 heavy (non-hydrogen) atoms. The minimum Gasteiger partial charge on any atom is -0.341 e. The van der Waals surface area contributed by atoms with Crippen LogP contribution in [-0.2, 0) is 0 Å². The molecule has 6 heteroatoms. The Morgan fingerprint density at radius 2 is 1.59 bits per heavy atom. The van der Waals surface area contributed by atoms with Crippen LogP contribution < -0.4 is 10.6 Å². The second-order valence-electron chi connectivity index (χ2n) is 8.17. The summed E-state index contributed by atoms with van der Waals surface area (Å²) in [6.45, 7) is 11.1. The van der Waals surface area contributed by atoms with E-state index in [1.165, 1.54) is 0 Å². The lowest BCUT2D eigenvalue weighted by Crippen LogP contribution is -2.62. The van der Waals surface area contributed by atoms with Gasteiger partial charge in [0.05, 0.1) is 0 Å². The third-order valence-corrected chi connectivity index (χ3v) is 4.36. The van der Waals surface area contributed by atoms with Crippen molar-refractivity contribution in [1.82, 2.24) is 20.4 Å². The van der Waals surface area contributed by atoms with Gasteiger partial charge in [-0.05, 0) is 61.6 Å². The topological polar surface area (TPSA) is 55.3 Å². The maximum Gasteiger partial charge on any atom is 0.225 e. The highest BCUT2D eigenvalue weighted by Crippen LogP contribution is 2.31. The van der Waals surface area contributed by atoms with Crippen molar-refractivity contribution in [3.8, 4) is 0 Å². The summed E-state index contributed by atoms with van der Waals surface area (Å²) in [4.78, 5) is 13.7. The van der Waals surface area contributed by atoms with Crippen LogP contribution in [0, 0.1) is 0 Å². The summed E-state index contributed by atoms with van der Waals surface area (Å²) >= 11 is 0. The normalized spacial score (nSPS) is 28.0. The molecule has 2 heterocycles. The second kappa shape index (κ2) is 5.81. The molecule has 0 radical (unpaired) electrons. The lowest BCUT2D eigenvalue weighted by atomic mass is 9.79. The predicted octanol–water partition coefficient (Wildman–Crippen LogP) is 1.45. The van der Waals surface area contributed by atoms with E-state index in [9.17, 15) is 0 Å². The number of piperidine rings is 1. The van der Waals surface area contributed by atoms with Gasteiger partial charge < -0.3 is 15.5 Å². The Hall–Kier alpha value is -1.14. The molecule has 1 atom stereocenters. The number of nitrogens with zero attached hydrogens (tertiary/aromatic N) is 4. The van der Waals surface area contributed by atoms with Crippen molar-refractivity contribution in [2.24, 2.45) is 9.98 Å². The average molecular weight is 308 g/mol. The lowest BCUT2D eigenvalue weighted by molar-refractivity contribution is 0.112. The van der Waals surface area contributed by atoms with Gasteiger partial charge in [0.15, 0.2) is 6.29 Å². The second-order valence-corrected chi connectivity index (χ2v) is 8.17. The molecule has 2 rings (SSSR count). The molecule has 0 aromatic heterocycles. The molecule has 0 aromatic rings. The number of hydrogen-bond donors (Lipinski definition) is 2. The van der Waals surface area contributed by atoms with Gasteiger partial charge in [-0.25, -0.2) is 9.98 Å². The van der Waals surface area contributed by atoms with Crippen molar-refractivity contribution < 1.29 is 0 Å². The Bertz CT molecular complexity index is 461. The fraction of sp³-hybridized carbons (Fsp3) is 0.875. The quantitative estimate of drug-likeness (QED) is 0.811. The van der Waals surface area contributed by atoms with Gasteiger partial charge in [-0.2, -0.15) is 0 Å². The van der Waals surface area contributed by atoms with Crippen LogP contribution >= 0.6 is 0 Å². The average Bonchev–Trinajstić information content (AvgIpc) is 2.33. The SMILES string of the molecule is CC1=NC(N(C)C2CC(C)(C)NC(C)(C)C2)=NC(N(C)C)N1. The van der Waals surface area contributed by atoms with E-state index in [0.29, 0.717) is 6.04 Å². The van der Waals surface area contributed by atoms with Gasteiger partial charge in [0.25, 0.3) is 0 Å². The summed E-state index contributed by atoms with van der Waals surface area (Å²) in [5.41, 5.74) is 0.238. The van der Waals surface area contributed by atoms with Gasteiger partial charge in [-0.1, -0.05) is 0 Å². The molecule has 2 aliphatic heterocycles. The minimum atomic E-state index is -0.0438. The molecule has 2 aliphatic rings. The van der Waals surface area contributed by atoms with E-state index in [2.05, 4.69) is 60.2 Å². The van der Waals surface area contributed by atoms with Crippen molar-refractivity contribution in [2.45, 2.75) is 70.9 Å². The van der Waals surface area contributed by atoms with Crippen LogP contribution in [-0.4, -0.2) is 66.1 Å². The molecule has 1 unspecified atom stereocenters. The molecule has 0 aliphatic carbocycles. The minimum absolute atomic E-state index is 0.0438. The maximum absolute atomic E-state index is 4.75. The lowest BCUT2D eigenvalue weighted by Gasteiger charge is -2.49. The molecule has 0 amide bonds. The van der Waals surface area contributed by atoms with Gasteiger partial charge in [0.1, 0.15) is 5.84 Å². The highest BCUT2D eigenvalue weighted by atomic mass is 15.4. The molecule has 6 nitrogen and oxygen atoms in total. The number of amidine groups is 1. The van der Waals surface area contributed by atoms with Crippen molar-refractivity contribution in [3.05, 3.63) is 0 Å².